The summed E-state index contributed by atoms with van der Waals surface area (Å²) in [6.07, 6.45) is -4.04. The predicted octanol–water partition coefficient (Wildman–Crippen LogP) is 8.41. The van der Waals surface area contributed by atoms with Crippen molar-refractivity contribution in [1.29, 1.82) is 0 Å². The fraction of sp³-hybridized carbons (Fsp3) is 0.386. The highest BCUT2D eigenvalue weighted by Gasteiger charge is 2.49. The average molecular weight is 799 g/mol. The van der Waals surface area contributed by atoms with E-state index in [0.717, 1.165) is 27.8 Å². The van der Waals surface area contributed by atoms with Gasteiger partial charge < -0.3 is 34.1 Å². The van der Waals surface area contributed by atoms with Crippen molar-refractivity contribution in [1.82, 2.24) is 10.6 Å². The summed E-state index contributed by atoms with van der Waals surface area (Å²) in [5.41, 5.74) is 5.24. The number of hydrogen-bond donors (Lipinski definition) is 2. The van der Waals surface area contributed by atoms with Crippen LogP contribution in [0.25, 0.3) is 11.1 Å². The summed E-state index contributed by atoms with van der Waals surface area (Å²) in [4.78, 5) is 38.6. The minimum atomic E-state index is -3.91. The van der Waals surface area contributed by atoms with E-state index >= 15 is 0 Å². The van der Waals surface area contributed by atoms with Crippen LogP contribution in [-0.4, -0.2) is 68.4 Å². The van der Waals surface area contributed by atoms with E-state index in [1.165, 1.54) is 6.66 Å². The summed E-state index contributed by atoms with van der Waals surface area (Å²) in [5, 5.41) is 5.53. The maximum absolute atomic E-state index is 14.1. The lowest BCUT2D eigenvalue weighted by Crippen LogP contribution is -2.49. The van der Waals surface area contributed by atoms with Crippen molar-refractivity contribution in [2.75, 3.05) is 19.8 Å². The van der Waals surface area contributed by atoms with Gasteiger partial charge in [0.15, 0.2) is 0 Å². The molecule has 0 saturated carbocycles. The molecule has 0 bridgehead atoms. The van der Waals surface area contributed by atoms with Crippen molar-refractivity contribution in [2.45, 2.75) is 84.0 Å². The normalized spacial score (nSPS) is 20.3. The molecule has 57 heavy (non-hydrogen) atoms. The third-order valence-corrected chi connectivity index (χ3v) is 11.1. The second-order valence-corrected chi connectivity index (χ2v) is 17.3. The van der Waals surface area contributed by atoms with Gasteiger partial charge >= 0.3 is 25.8 Å². The molecule has 1 saturated heterocycles. The SMILES string of the molecule is CCNC(=O)OCc1ccc(OP(C)(=O)OC2C(NC(=O)OC(Cc3ccccc3)C3c4ccccc4-c4ccccc43)[C@H](C)O[C@@H]2COC(=O)C(C)(C)C)cc1. The summed E-state index contributed by atoms with van der Waals surface area (Å²) in [7, 11) is -3.91. The standard InChI is InChI=1S/C44H51N2O10P/c1-7-45-42(48)52-26-30-21-23-31(24-22-30)55-57(6,50)56-40-37(27-51-41(47)44(3,4)5)53-28(2)39(40)46-43(49)54-36(25-29-15-9-8-10-16-29)38-34-19-13-11-17-32(34)33-18-12-14-20-35(33)38/h8-24,28,36-40H,7,25-27H2,1-6H3,(H,45,48)(H,46,49)/t28-,36?,37+,39?,40?,57?/m0/s1. The molecule has 2 N–H and O–H groups in total. The number of amides is 2. The fourth-order valence-electron chi connectivity index (χ4n) is 7.18. The maximum atomic E-state index is 14.1. The summed E-state index contributed by atoms with van der Waals surface area (Å²) in [5.74, 6) is -0.454. The van der Waals surface area contributed by atoms with Crippen LogP contribution in [0.15, 0.2) is 103 Å². The van der Waals surface area contributed by atoms with Crippen LogP contribution in [0.3, 0.4) is 0 Å². The molecule has 4 aromatic carbocycles. The maximum Gasteiger partial charge on any atom is 0.407 e. The molecule has 2 amide bonds. The van der Waals surface area contributed by atoms with E-state index in [1.807, 2.05) is 54.6 Å². The fourth-order valence-corrected chi connectivity index (χ4v) is 8.44. The first-order valence-corrected chi connectivity index (χ1v) is 21.2. The summed E-state index contributed by atoms with van der Waals surface area (Å²) >= 11 is 0. The van der Waals surface area contributed by atoms with Crippen LogP contribution < -0.4 is 15.2 Å². The highest BCUT2D eigenvalue weighted by molar-refractivity contribution is 7.53. The van der Waals surface area contributed by atoms with E-state index < -0.39 is 61.6 Å². The first-order chi connectivity index (χ1) is 27.2. The molecule has 6 rings (SSSR count). The highest BCUT2D eigenvalue weighted by atomic mass is 31.2. The Morgan fingerprint density at radius 1 is 0.807 bits per heavy atom. The number of fused-ring (bicyclic) bond motifs is 3. The topological polar surface area (TPSA) is 148 Å². The van der Waals surface area contributed by atoms with Crippen LogP contribution in [0, 0.1) is 5.41 Å². The number of alkyl carbamates (subject to hydrolysis) is 2. The Kier molecular flexibility index (Phi) is 13.1. The van der Waals surface area contributed by atoms with E-state index in [0.29, 0.717) is 18.5 Å². The van der Waals surface area contributed by atoms with Crippen LogP contribution in [0.1, 0.15) is 62.8 Å². The molecule has 1 aliphatic carbocycles. The molecule has 0 aromatic heterocycles. The lowest BCUT2D eigenvalue weighted by Gasteiger charge is -2.30. The van der Waals surface area contributed by atoms with Gasteiger partial charge in [0, 0.05) is 25.5 Å². The quantitative estimate of drug-likeness (QED) is 0.0724. The first kappa shape index (κ1) is 41.5. The van der Waals surface area contributed by atoms with E-state index in [1.54, 1.807) is 58.9 Å². The summed E-state index contributed by atoms with van der Waals surface area (Å²) in [6, 6.07) is 31.8. The van der Waals surface area contributed by atoms with Gasteiger partial charge in [-0.1, -0.05) is 91.0 Å². The molecule has 0 spiro atoms. The molecule has 1 fully saturated rings. The van der Waals surface area contributed by atoms with Crippen molar-refractivity contribution in [3.05, 3.63) is 125 Å². The van der Waals surface area contributed by atoms with Gasteiger partial charge in [-0.2, -0.15) is 0 Å². The van der Waals surface area contributed by atoms with Gasteiger partial charge in [0.05, 0.1) is 17.6 Å². The van der Waals surface area contributed by atoms with E-state index in [-0.39, 0.29) is 24.9 Å². The Bertz CT molecular complexity index is 2020. The molecule has 4 aromatic rings. The second-order valence-electron chi connectivity index (χ2n) is 15.4. The van der Waals surface area contributed by atoms with Crippen molar-refractivity contribution >= 4 is 25.8 Å². The third-order valence-electron chi connectivity index (χ3n) is 9.88. The lowest BCUT2D eigenvalue weighted by atomic mass is 9.87. The highest BCUT2D eigenvalue weighted by Crippen LogP contribution is 2.49. The first-order valence-electron chi connectivity index (χ1n) is 19.2. The van der Waals surface area contributed by atoms with Gasteiger partial charge in [-0.05, 0) is 80.1 Å². The van der Waals surface area contributed by atoms with E-state index in [2.05, 4.69) is 34.9 Å². The number of rotatable bonds is 14. The van der Waals surface area contributed by atoms with Crippen molar-refractivity contribution in [3.63, 3.8) is 0 Å². The van der Waals surface area contributed by atoms with Gasteiger partial charge in [-0.25, -0.2) is 14.2 Å². The number of carbonyl (C=O) groups excluding carboxylic acids is 3. The van der Waals surface area contributed by atoms with Gasteiger partial charge in [0.1, 0.15) is 37.3 Å². The molecule has 12 nitrogen and oxygen atoms in total. The Hall–Kier alpha value is -5.16. The molecule has 6 atom stereocenters. The number of nitrogens with one attached hydrogen (secondary N) is 2. The predicted molar refractivity (Wildman–Crippen MR) is 215 cm³/mol. The molecule has 2 aliphatic rings. The van der Waals surface area contributed by atoms with Gasteiger partial charge in [0.25, 0.3) is 0 Å². The Morgan fingerprint density at radius 3 is 2.04 bits per heavy atom. The monoisotopic (exact) mass is 798 g/mol. The van der Waals surface area contributed by atoms with Crippen molar-refractivity contribution in [2.24, 2.45) is 5.41 Å². The van der Waals surface area contributed by atoms with Crippen LogP contribution in [0.2, 0.25) is 0 Å². The van der Waals surface area contributed by atoms with Crippen LogP contribution in [0.4, 0.5) is 9.59 Å². The average Bonchev–Trinajstić information content (AvgIpc) is 3.66. The van der Waals surface area contributed by atoms with Crippen LogP contribution in [-0.2, 0) is 45.9 Å². The third kappa shape index (κ3) is 10.4. The second kappa shape index (κ2) is 18.0. The summed E-state index contributed by atoms with van der Waals surface area (Å²) < 4.78 is 49.6. The molecule has 13 heteroatoms. The Labute approximate surface area is 334 Å². The number of ether oxygens (including phenoxy) is 4. The van der Waals surface area contributed by atoms with Crippen LogP contribution >= 0.6 is 7.60 Å². The van der Waals surface area contributed by atoms with Crippen LogP contribution in [0.5, 0.6) is 5.75 Å². The number of hydrogen-bond acceptors (Lipinski definition) is 10. The number of benzene rings is 4. The van der Waals surface area contributed by atoms with E-state index in [9.17, 15) is 18.9 Å². The molecule has 1 aliphatic heterocycles. The zero-order valence-electron chi connectivity index (χ0n) is 33.1. The number of carbonyl (C=O) groups is 3. The van der Waals surface area contributed by atoms with Gasteiger partial charge in [-0.3, -0.25) is 9.32 Å². The number of esters is 1. The zero-order valence-corrected chi connectivity index (χ0v) is 34.0. The molecule has 0 radical (unpaired) electrons. The Morgan fingerprint density at radius 2 is 1.42 bits per heavy atom. The minimum absolute atomic E-state index is 0.0358. The van der Waals surface area contributed by atoms with Gasteiger partial charge in [-0.15, -0.1) is 0 Å². The molecule has 1 heterocycles. The van der Waals surface area contributed by atoms with Gasteiger partial charge in [0.2, 0.25) is 0 Å². The zero-order chi connectivity index (χ0) is 40.7. The molecule has 4 unspecified atom stereocenters. The molecule has 302 valence electrons. The largest absolute Gasteiger partial charge is 0.462 e. The molecular formula is C44H51N2O10P. The summed E-state index contributed by atoms with van der Waals surface area (Å²) in [6.45, 7) is 10.3. The van der Waals surface area contributed by atoms with Crippen molar-refractivity contribution in [3.8, 4) is 16.9 Å². The van der Waals surface area contributed by atoms with Crippen molar-refractivity contribution < 1.29 is 46.9 Å². The minimum Gasteiger partial charge on any atom is -0.462 e. The Balaban J connectivity index is 1.22. The lowest BCUT2D eigenvalue weighted by molar-refractivity contribution is -0.158. The van der Waals surface area contributed by atoms with E-state index in [4.69, 9.17) is 28.0 Å². The smallest absolute Gasteiger partial charge is 0.407 e. The molecular weight excluding hydrogens is 747 g/mol.